The zero-order valence-corrected chi connectivity index (χ0v) is 20.9. The number of aromatic nitrogens is 2. The number of hydrogen-bond acceptors (Lipinski definition) is 7. The maximum atomic E-state index is 13.4. The predicted molar refractivity (Wildman–Crippen MR) is 130 cm³/mol. The molecule has 0 radical (unpaired) electrons. The summed E-state index contributed by atoms with van der Waals surface area (Å²) in [6.07, 6.45) is 3.57. The highest BCUT2D eigenvalue weighted by atomic mass is 32.2. The third-order valence-electron chi connectivity index (χ3n) is 7.04. The van der Waals surface area contributed by atoms with Gasteiger partial charge in [0.05, 0.1) is 5.56 Å². The van der Waals surface area contributed by atoms with E-state index in [-0.39, 0.29) is 21.8 Å². The Morgan fingerprint density at radius 2 is 1.82 bits per heavy atom. The van der Waals surface area contributed by atoms with Crippen LogP contribution >= 0.6 is 0 Å². The zero-order valence-electron chi connectivity index (χ0n) is 20.1. The van der Waals surface area contributed by atoms with Gasteiger partial charge < -0.3 is 10.6 Å². The van der Waals surface area contributed by atoms with Gasteiger partial charge in [-0.1, -0.05) is 26.8 Å². The average Bonchev–Trinajstić information content (AvgIpc) is 3.49. The van der Waals surface area contributed by atoms with Gasteiger partial charge in [-0.3, -0.25) is 4.79 Å². The molecule has 0 aromatic carbocycles. The molecular weight excluding hydrogens is 436 g/mol. The van der Waals surface area contributed by atoms with E-state index in [4.69, 9.17) is 10.7 Å². The normalized spacial score (nSPS) is 20.8. The third-order valence-corrected chi connectivity index (χ3v) is 8.55. The van der Waals surface area contributed by atoms with Crippen molar-refractivity contribution in [1.29, 1.82) is 0 Å². The second-order valence-electron chi connectivity index (χ2n) is 10.9. The molecule has 2 fully saturated rings. The summed E-state index contributed by atoms with van der Waals surface area (Å²) >= 11 is 0. The number of nitrogen functional groups attached to an aromatic ring is 1. The van der Waals surface area contributed by atoms with E-state index >= 15 is 0 Å². The maximum absolute atomic E-state index is 13.4. The van der Waals surface area contributed by atoms with Crippen LogP contribution in [0.25, 0.3) is 0 Å². The molecule has 2 aromatic rings. The standard InChI is InChI=1S/C25H34N4O3S/c1-24(2,3)20-12-11-17(19(30)15-33(31,32)22-8-6-7-21(26)28-22)23(27-20)29-14-13-18(16-9-10-16)25(29,4)5/h6-8,11-12,16,18H,9-10,13-15H2,1-5H3,(H2,26,28). The number of carbonyl (C=O) groups excluding carboxylic acids is 1. The molecule has 1 atom stereocenters. The molecule has 2 N–H and O–H groups in total. The van der Waals surface area contributed by atoms with Crippen LogP contribution < -0.4 is 10.6 Å². The summed E-state index contributed by atoms with van der Waals surface area (Å²) in [5, 5.41) is -0.188. The van der Waals surface area contributed by atoms with Crippen molar-refractivity contribution < 1.29 is 13.2 Å². The summed E-state index contributed by atoms with van der Waals surface area (Å²) in [4.78, 5) is 24.5. The van der Waals surface area contributed by atoms with Gasteiger partial charge in [-0.05, 0) is 69.2 Å². The Morgan fingerprint density at radius 3 is 2.42 bits per heavy atom. The molecular formula is C25H34N4O3S. The fourth-order valence-corrected chi connectivity index (χ4v) is 6.20. The summed E-state index contributed by atoms with van der Waals surface area (Å²) < 4.78 is 25.9. The van der Waals surface area contributed by atoms with Gasteiger partial charge in [0.1, 0.15) is 17.4 Å². The van der Waals surface area contributed by atoms with Crippen molar-refractivity contribution in [2.75, 3.05) is 22.9 Å². The smallest absolute Gasteiger partial charge is 0.203 e. The number of hydrogen-bond donors (Lipinski definition) is 1. The second kappa shape index (κ2) is 8.08. The van der Waals surface area contributed by atoms with Crippen molar-refractivity contribution in [3.05, 3.63) is 41.6 Å². The van der Waals surface area contributed by atoms with Gasteiger partial charge in [0.2, 0.25) is 9.84 Å². The second-order valence-corrected chi connectivity index (χ2v) is 12.9. The van der Waals surface area contributed by atoms with E-state index in [1.165, 1.54) is 31.0 Å². The highest BCUT2D eigenvalue weighted by Crippen LogP contribution is 2.50. The molecule has 0 amide bonds. The molecule has 7 nitrogen and oxygen atoms in total. The summed E-state index contributed by atoms with van der Waals surface area (Å²) in [7, 11) is -3.94. The SMILES string of the molecule is CC(C)(C)c1ccc(C(=O)CS(=O)(=O)c2cccc(N)n2)c(N2CCC(C3CC3)C2(C)C)n1. The minimum absolute atomic E-state index is 0.102. The Balaban J connectivity index is 1.73. The van der Waals surface area contributed by atoms with E-state index in [1.54, 1.807) is 6.07 Å². The highest BCUT2D eigenvalue weighted by Gasteiger charge is 2.49. The fraction of sp³-hybridized carbons (Fsp3) is 0.560. The summed E-state index contributed by atoms with van der Waals surface area (Å²) in [6.45, 7) is 11.5. The summed E-state index contributed by atoms with van der Waals surface area (Å²) in [5.41, 5.74) is 6.52. The van der Waals surface area contributed by atoms with E-state index in [1.807, 2.05) is 6.07 Å². The van der Waals surface area contributed by atoms with Crippen LogP contribution in [0.5, 0.6) is 0 Å². The molecule has 0 bridgehead atoms. The van der Waals surface area contributed by atoms with E-state index in [0.717, 1.165) is 24.6 Å². The fourth-order valence-electron chi connectivity index (χ4n) is 5.02. The molecule has 0 spiro atoms. The monoisotopic (exact) mass is 470 g/mol. The van der Waals surface area contributed by atoms with E-state index in [2.05, 4.69) is 44.5 Å². The van der Waals surface area contributed by atoms with E-state index < -0.39 is 21.4 Å². The molecule has 1 aliphatic carbocycles. The first-order valence-electron chi connectivity index (χ1n) is 11.6. The minimum atomic E-state index is -3.94. The minimum Gasteiger partial charge on any atom is -0.384 e. The Kier molecular flexibility index (Phi) is 5.79. The van der Waals surface area contributed by atoms with Crippen molar-refractivity contribution in [2.45, 2.75) is 69.9 Å². The first-order valence-corrected chi connectivity index (χ1v) is 13.2. The van der Waals surface area contributed by atoms with Gasteiger partial charge >= 0.3 is 0 Å². The van der Waals surface area contributed by atoms with Crippen LogP contribution in [0.4, 0.5) is 11.6 Å². The molecule has 33 heavy (non-hydrogen) atoms. The Hall–Kier alpha value is -2.48. The lowest BCUT2D eigenvalue weighted by molar-refractivity contribution is 0.102. The number of nitrogens with zero attached hydrogens (tertiary/aromatic N) is 3. The number of carbonyl (C=O) groups is 1. The van der Waals surface area contributed by atoms with E-state index in [9.17, 15) is 13.2 Å². The average molecular weight is 471 g/mol. The Labute approximate surface area is 196 Å². The summed E-state index contributed by atoms with van der Waals surface area (Å²) in [6, 6.07) is 7.98. The molecule has 1 unspecified atom stereocenters. The Morgan fingerprint density at radius 1 is 1.12 bits per heavy atom. The molecule has 1 saturated carbocycles. The van der Waals surface area contributed by atoms with Crippen LogP contribution in [0.1, 0.15) is 69.9 Å². The number of nitrogens with two attached hydrogens (primary N) is 1. The van der Waals surface area contributed by atoms with E-state index in [0.29, 0.717) is 17.3 Å². The van der Waals surface area contributed by atoms with Crippen LogP contribution in [0, 0.1) is 11.8 Å². The molecule has 1 aliphatic heterocycles. The third kappa shape index (κ3) is 4.63. The van der Waals surface area contributed by atoms with Crippen molar-refractivity contribution in [2.24, 2.45) is 11.8 Å². The van der Waals surface area contributed by atoms with Gasteiger partial charge in [-0.15, -0.1) is 0 Å². The number of Topliss-reactive ketones (excluding diaryl/α,β-unsaturated/α-hetero) is 1. The summed E-state index contributed by atoms with van der Waals surface area (Å²) in [5.74, 6) is 0.813. The number of sulfone groups is 1. The van der Waals surface area contributed by atoms with Crippen LogP contribution in [0.2, 0.25) is 0 Å². The molecule has 1 saturated heterocycles. The Bertz CT molecular complexity index is 1180. The largest absolute Gasteiger partial charge is 0.384 e. The highest BCUT2D eigenvalue weighted by molar-refractivity contribution is 7.92. The molecule has 4 rings (SSSR count). The first kappa shape index (κ1) is 23.7. The van der Waals surface area contributed by atoms with Crippen molar-refractivity contribution >= 4 is 27.3 Å². The molecule has 178 valence electrons. The maximum Gasteiger partial charge on any atom is 0.203 e. The van der Waals surface area contributed by atoms with Gasteiger partial charge in [0, 0.05) is 23.2 Å². The lowest BCUT2D eigenvalue weighted by Crippen LogP contribution is -2.44. The van der Waals surface area contributed by atoms with Crippen molar-refractivity contribution in [3.63, 3.8) is 0 Å². The molecule has 2 aromatic heterocycles. The lowest BCUT2D eigenvalue weighted by Gasteiger charge is -2.38. The predicted octanol–water partition coefficient (Wildman–Crippen LogP) is 4.03. The number of rotatable bonds is 6. The van der Waals surface area contributed by atoms with Crippen LogP contribution in [0.3, 0.4) is 0 Å². The van der Waals surface area contributed by atoms with Crippen LogP contribution in [0.15, 0.2) is 35.4 Å². The number of ketones is 1. The quantitative estimate of drug-likeness (QED) is 0.635. The van der Waals surface area contributed by atoms with Crippen molar-refractivity contribution in [1.82, 2.24) is 9.97 Å². The lowest BCUT2D eigenvalue weighted by atomic mass is 9.84. The number of pyridine rings is 2. The first-order chi connectivity index (χ1) is 15.3. The van der Waals surface area contributed by atoms with Gasteiger partial charge in [0.25, 0.3) is 0 Å². The van der Waals surface area contributed by atoms with Crippen molar-refractivity contribution in [3.8, 4) is 0 Å². The zero-order chi connectivity index (χ0) is 24.2. The molecule has 3 heterocycles. The topological polar surface area (TPSA) is 106 Å². The van der Waals surface area contributed by atoms with Gasteiger partial charge in [-0.25, -0.2) is 18.4 Å². The molecule has 8 heteroatoms. The van der Waals surface area contributed by atoms with Gasteiger partial charge in [-0.2, -0.15) is 0 Å². The van der Waals surface area contributed by atoms with Crippen LogP contribution in [-0.2, 0) is 15.3 Å². The van der Waals surface area contributed by atoms with Gasteiger partial charge in [0.15, 0.2) is 10.8 Å². The number of anilines is 2. The van der Waals surface area contributed by atoms with Crippen LogP contribution in [-0.4, -0.2) is 42.0 Å². The molecule has 2 aliphatic rings.